The van der Waals surface area contributed by atoms with Gasteiger partial charge in [-0.3, -0.25) is 5.01 Å². The summed E-state index contributed by atoms with van der Waals surface area (Å²) in [4.78, 5) is 10.7. The first-order chi connectivity index (χ1) is 8.38. The van der Waals surface area contributed by atoms with E-state index in [4.69, 9.17) is 33.5 Å². The molecule has 0 unspecified atom stereocenters. The Morgan fingerprint density at radius 1 is 1.56 bits per heavy atom. The topological polar surface area (TPSA) is 116 Å². The number of rotatable bonds is 3. The molecule has 5 N–H and O–H groups in total. The Hall–Kier alpha value is -2.23. The van der Waals surface area contributed by atoms with Crippen LogP contribution in [0.2, 0.25) is 5.02 Å². The van der Waals surface area contributed by atoms with Crippen molar-refractivity contribution >= 4 is 23.3 Å². The van der Waals surface area contributed by atoms with Crippen molar-refractivity contribution in [1.82, 2.24) is 0 Å². The standard InChI is InChI=1S/C11H11ClN4O2/c1-6(10(14)11(17)18)16(15)9-4-8(12)3-2-7(9)5-13/h2-4H,14-15H2,1H3,(H,17,18)/b10-6-. The van der Waals surface area contributed by atoms with Crippen molar-refractivity contribution in [2.75, 3.05) is 5.01 Å². The molecule has 1 aromatic rings. The monoisotopic (exact) mass is 266 g/mol. The number of anilines is 1. The highest BCUT2D eigenvalue weighted by Crippen LogP contribution is 2.25. The summed E-state index contributed by atoms with van der Waals surface area (Å²) in [6, 6.07) is 6.42. The highest BCUT2D eigenvalue weighted by molar-refractivity contribution is 6.30. The van der Waals surface area contributed by atoms with Crippen LogP contribution in [0.4, 0.5) is 5.69 Å². The second-order valence-corrected chi connectivity index (χ2v) is 3.88. The minimum absolute atomic E-state index is 0.112. The first kappa shape index (κ1) is 13.8. The van der Waals surface area contributed by atoms with Gasteiger partial charge >= 0.3 is 5.97 Å². The van der Waals surface area contributed by atoms with Crippen LogP contribution < -0.4 is 16.6 Å². The minimum Gasteiger partial charge on any atom is -0.477 e. The summed E-state index contributed by atoms with van der Waals surface area (Å²) < 4.78 is 0. The number of hydrogen-bond donors (Lipinski definition) is 3. The molecule has 1 aromatic carbocycles. The van der Waals surface area contributed by atoms with Gasteiger partial charge < -0.3 is 10.8 Å². The van der Waals surface area contributed by atoms with Crippen LogP contribution in [0.3, 0.4) is 0 Å². The number of nitrogens with two attached hydrogens (primary N) is 2. The van der Waals surface area contributed by atoms with Crippen LogP contribution in [0.1, 0.15) is 12.5 Å². The van der Waals surface area contributed by atoms with E-state index in [1.54, 1.807) is 0 Å². The second-order valence-electron chi connectivity index (χ2n) is 3.45. The lowest BCUT2D eigenvalue weighted by Gasteiger charge is -2.21. The molecular weight excluding hydrogens is 256 g/mol. The summed E-state index contributed by atoms with van der Waals surface area (Å²) in [5, 5.41) is 19.1. The maximum atomic E-state index is 10.7. The van der Waals surface area contributed by atoms with Gasteiger partial charge in [0.05, 0.1) is 16.9 Å². The van der Waals surface area contributed by atoms with Crippen LogP contribution in [0.25, 0.3) is 0 Å². The molecule has 0 amide bonds. The SMILES string of the molecule is C/C(=C(/N)C(=O)O)N(N)c1cc(Cl)ccc1C#N. The first-order valence-corrected chi connectivity index (χ1v) is 5.20. The fourth-order valence-corrected chi connectivity index (χ4v) is 1.43. The molecule has 18 heavy (non-hydrogen) atoms. The molecule has 0 saturated heterocycles. The molecule has 0 aromatic heterocycles. The molecule has 0 fully saturated rings. The maximum absolute atomic E-state index is 10.7. The van der Waals surface area contributed by atoms with E-state index in [1.165, 1.54) is 25.1 Å². The number of nitriles is 1. The number of carboxylic acids is 1. The first-order valence-electron chi connectivity index (χ1n) is 4.82. The van der Waals surface area contributed by atoms with Crippen LogP contribution in [0, 0.1) is 11.3 Å². The zero-order valence-electron chi connectivity index (χ0n) is 9.51. The van der Waals surface area contributed by atoms with Gasteiger partial charge in [0.15, 0.2) is 0 Å². The summed E-state index contributed by atoms with van der Waals surface area (Å²) >= 11 is 5.81. The lowest BCUT2D eigenvalue weighted by Crippen LogP contribution is -2.33. The smallest absolute Gasteiger partial charge is 0.353 e. The van der Waals surface area contributed by atoms with Crippen LogP contribution in [0.15, 0.2) is 29.6 Å². The average molecular weight is 267 g/mol. The number of halogens is 1. The molecule has 0 bridgehead atoms. The molecule has 1 rings (SSSR count). The van der Waals surface area contributed by atoms with E-state index in [0.29, 0.717) is 5.02 Å². The summed E-state index contributed by atoms with van der Waals surface area (Å²) in [5.41, 5.74) is 5.63. The Labute approximate surface area is 109 Å². The molecule has 0 saturated carbocycles. The zero-order chi connectivity index (χ0) is 13.9. The van der Waals surface area contributed by atoms with E-state index < -0.39 is 11.7 Å². The fourth-order valence-electron chi connectivity index (χ4n) is 1.26. The van der Waals surface area contributed by atoms with Crippen LogP contribution in [-0.2, 0) is 4.79 Å². The van der Waals surface area contributed by atoms with Gasteiger partial charge in [0.1, 0.15) is 11.8 Å². The number of nitrogens with zero attached hydrogens (tertiary/aromatic N) is 2. The molecule has 0 aliphatic carbocycles. The quantitative estimate of drug-likeness (QED) is 0.429. The minimum atomic E-state index is -1.29. The lowest BCUT2D eigenvalue weighted by atomic mass is 10.2. The van der Waals surface area contributed by atoms with Gasteiger partial charge in [0, 0.05) is 5.02 Å². The predicted molar refractivity (Wildman–Crippen MR) is 67.4 cm³/mol. The van der Waals surface area contributed by atoms with Gasteiger partial charge in [-0.05, 0) is 25.1 Å². The van der Waals surface area contributed by atoms with E-state index in [9.17, 15) is 4.79 Å². The van der Waals surface area contributed by atoms with Crippen molar-refractivity contribution in [3.05, 3.63) is 40.2 Å². The highest BCUT2D eigenvalue weighted by Gasteiger charge is 2.15. The van der Waals surface area contributed by atoms with Gasteiger partial charge in [0.2, 0.25) is 0 Å². The Balaban J connectivity index is 3.31. The van der Waals surface area contributed by atoms with Crippen molar-refractivity contribution in [2.45, 2.75) is 6.92 Å². The van der Waals surface area contributed by atoms with E-state index >= 15 is 0 Å². The van der Waals surface area contributed by atoms with Gasteiger partial charge in [-0.15, -0.1) is 0 Å². The molecule has 6 nitrogen and oxygen atoms in total. The van der Waals surface area contributed by atoms with Crippen molar-refractivity contribution in [3.63, 3.8) is 0 Å². The molecular formula is C11H11ClN4O2. The summed E-state index contributed by atoms with van der Waals surface area (Å²) in [7, 11) is 0. The molecule has 0 aliphatic rings. The molecule has 0 heterocycles. The third kappa shape index (κ3) is 2.71. The Kier molecular flexibility index (Phi) is 4.15. The van der Waals surface area contributed by atoms with Gasteiger partial charge in [-0.2, -0.15) is 5.26 Å². The highest BCUT2D eigenvalue weighted by atomic mass is 35.5. The normalized spacial score (nSPS) is 11.4. The van der Waals surface area contributed by atoms with Crippen molar-refractivity contribution in [3.8, 4) is 6.07 Å². The number of benzene rings is 1. The largest absolute Gasteiger partial charge is 0.477 e. The summed E-state index contributed by atoms with van der Waals surface area (Å²) in [6.45, 7) is 1.44. The molecule has 0 radical (unpaired) electrons. The van der Waals surface area contributed by atoms with E-state index in [0.717, 1.165) is 5.01 Å². The Morgan fingerprint density at radius 3 is 2.67 bits per heavy atom. The number of hydrazine groups is 1. The second kappa shape index (κ2) is 5.40. The lowest BCUT2D eigenvalue weighted by molar-refractivity contribution is -0.132. The molecule has 0 spiro atoms. The van der Waals surface area contributed by atoms with Crippen molar-refractivity contribution < 1.29 is 9.90 Å². The Morgan fingerprint density at radius 2 is 2.17 bits per heavy atom. The van der Waals surface area contributed by atoms with Crippen LogP contribution in [-0.4, -0.2) is 11.1 Å². The number of aliphatic carboxylic acids is 1. The number of allylic oxidation sites excluding steroid dienone is 1. The van der Waals surface area contributed by atoms with Gasteiger partial charge in [-0.1, -0.05) is 11.6 Å². The van der Waals surface area contributed by atoms with Crippen LogP contribution in [0.5, 0.6) is 0 Å². The summed E-state index contributed by atoms with van der Waals surface area (Å²) in [6.07, 6.45) is 0. The van der Waals surface area contributed by atoms with E-state index in [1.807, 2.05) is 6.07 Å². The summed E-state index contributed by atoms with van der Waals surface area (Å²) in [5.74, 6) is 4.46. The molecule has 94 valence electrons. The van der Waals surface area contributed by atoms with Gasteiger partial charge in [-0.25, -0.2) is 10.6 Å². The van der Waals surface area contributed by atoms with Crippen molar-refractivity contribution in [2.24, 2.45) is 11.6 Å². The number of hydrogen-bond acceptors (Lipinski definition) is 5. The van der Waals surface area contributed by atoms with Crippen molar-refractivity contribution in [1.29, 1.82) is 5.26 Å². The van der Waals surface area contributed by atoms with Gasteiger partial charge in [0.25, 0.3) is 0 Å². The molecule has 7 heteroatoms. The molecule has 0 aliphatic heterocycles. The molecule has 0 atom stereocenters. The van der Waals surface area contributed by atoms with Crippen LogP contribution >= 0.6 is 11.6 Å². The Bertz CT molecular complexity index is 563. The predicted octanol–water partition coefficient (Wildman–Crippen LogP) is 1.17. The average Bonchev–Trinajstić information content (AvgIpc) is 2.35. The zero-order valence-corrected chi connectivity index (χ0v) is 10.3. The third-order valence-corrected chi connectivity index (χ3v) is 2.56. The number of carbonyl (C=O) groups is 1. The number of carboxylic acid groups (broad SMARTS) is 1. The maximum Gasteiger partial charge on any atom is 0.353 e. The third-order valence-electron chi connectivity index (χ3n) is 2.32. The van der Waals surface area contributed by atoms with E-state index in [-0.39, 0.29) is 16.9 Å². The van der Waals surface area contributed by atoms with E-state index in [2.05, 4.69) is 0 Å². The fraction of sp³-hybridized carbons (Fsp3) is 0.0909.